The van der Waals surface area contributed by atoms with Crippen molar-refractivity contribution in [3.05, 3.63) is 71.2 Å². The van der Waals surface area contributed by atoms with E-state index in [0.29, 0.717) is 6.42 Å². The van der Waals surface area contributed by atoms with Gasteiger partial charge in [0.15, 0.2) is 0 Å². The number of amides is 1. The number of anilines is 1. The fourth-order valence-corrected chi connectivity index (χ4v) is 4.54. The van der Waals surface area contributed by atoms with Crippen LogP contribution in [-0.4, -0.2) is 48.7 Å². The lowest BCUT2D eigenvalue weighted by molar-refractivity contribution is -0.132. The molecular weight excluding hydrogens is 370 g/mol. The Hall–Kier alpha value is -2.73. The second-order valence-corrected chi connectivity index (χ2v) is 7.91. The predicted molar refractivity (Wildman–Crippen MR) is 113 cm³/mol. The van der Waals surface area contributed by atoms with Gasteiger partial charge in [-0.25, -0.2) is 0 Å². The third kappa shape index (κ3) is 4.07. The standard InChI is InChI=1S/C22H25N3O2S/c1-27-19-7-4-6-18(16-19)23-11-13-25(14-12-23)22(26)17-20(21-8-5-15-28-21)24-9-2-3-10-24/h2-10,15-16,20H,11-14,17H2,1H3. The maximum Gasteiger partial charge on any atom is 0.225 e. The average Bonchev–Trinajstić information content (AvgIpc) is 3.46. The molecule has 1 aliphatic heterocycles. The molecule has 0 aliphatic carbocycles. The number of carbonyl (C=O) groups excluding carboxylic acids is 1. The molecule has 1 saturated heterocycles. The van der Waals surface area contributed by atoms with Crippen molar-refractivity contribution < 1.29 is 9.53 Å². The number of hydrogen-bond acceptors (Lipinski definition) is 4. The van der Waals surface area contributed by atoms with Gasteiger partial charge in [-0.05, 0) is 35.7 Å². The summed E-state index contributed by atoms with van der Waals surface area (Å²) in [7, 11) is 1.68. The van der Waals surface area contributed by atoms with Crippen LogP contribution in [0.15, 0.2) is 66.3 Å². The molecule has 1 unspecified atom stereocenters. The lowest BCUT2D eigenvalue weighted by Crippen LogP contribution is -2.49. The minimum absolute atomic E-state index is 0.0684. The van der Waals surface area contributed by atoms with E-state index < -0.39 is 0 Å². The van der Waals surface area contributed by atoms with Gasteiger partial charge in [-0.1, -0.05) is 12.1 Å². The Balaban J connectivity index is 1.39. The number of piperazine rings is 1. The van der Waals surface area contributed by atoms with Gasteiger partial charge in [0.2, 0.25) is 5.91 Å². The molecule has 0 saturated carbocycles. The van der Waals surface area contributed by atoms with Crippen LogP contribution in [0, 0.1) is 0 Å². The molecule has 0 bridgehead atoms. The molecule has 5 nitrogen and oxygen atoms in total. The summed E-state index contributed by atoms with van der Waals surface area (Å²) in [5, 5.41) is 2.07. The van der Waals surface area contributed by atoms with Crippen molar-refractivity contribution in [2.24, 2.45) is 0 Å². The number of ether oxygens (including phenoxy) is 1. The Morgan fingerprint density at radius 3 is 2.54 bits per heavy atom. The van der Waals surface area contributed by atoms with Crippen molar-refractivity contribution in [3.8, 4) is 5.75 Å². The highest BCUT2D eigenvalue weighted by atomic mass is 32.1. The fraction of sp³-hybridized carbons (Fsp3) is 0.318. The van der Waals surface area contributed by atoms with Crippen molar-refractivity contribution in [1.82, 2.24) is 9.47 Å². The summed E-state index contributed by atoms with van der Waals surface area (Å²) in [4.78, 5) is 18.6. The summed E-state index contributed by atoms with van der Waals surface area (Å²) in [6.07, 6.45) is 4.57. The van der Waals surface area contributed by atoms with Crippen LogP contribution >= 0.6 is 11.3 Å². The molecule has 2 aromatic heterocycles. The third-order valence-electron chi connectivity index (χ3n) is 5.28. The quantitative estimate of drug-likeness (QED) is 0.636. The van der Waals surface area contributed by atoms with Gasteiger partial charge in [0, 0.05) is 55.2 Å². The maximum atomic E-state index is 13.0. The zero-order valence-electron chi connectivity index (χ0n) is 16.0. The zero-order chi connectivity index (χ0) is 19.3. The second-order valence-electron chi connectivity index (χ2n) is 6.93. The number of thiophene rings is 1. The molecule has 28 heavy (non-hydrogen) atoms. The number of nitrogens with zero attached hydrogens (tertiary/aromatic N) is 3. The van der Waals surface area contributed by atoms with Crippen molar-refractivity contribution >= 4 is 22.9 Å². The first kappa shape index (κ1) is 18.6. The number of carbonyl (C=O) groups is 1. The topological polar surface area (TPSA) is 37.7 Å². The molecule has 4 rings (SSSR count). The first-order valence-electron chi connectivity index (χ1n) is 9.57. The maximum absolute atomic E-state index is 13.0. The number of hydrogen-bond donors (Lipinski definition) is 0. The van der Waals surface area contributed by atoms with Crippen LogP contribution in [0.4, 0.5) is 5.69 Å². The number of methoxy groups -OCH3 is 1. The Labute approximate surface area is 169 Å². The lowest BCUT2D eigenvalue weighted by atomic mass is 10.1. The summed E-state index contributed by atoms with van der Waals surface area (Å²) >= 11 is 1.71. The molecule has 0 N–H and O–H groups in total. The summed E-state index contributed by atoms with van der Waals surface area (Å²) in [5.41, 5.74) is 1.15. The van der Waals surface area contributed by atoms with Crippen LogP contribution < -0.4 is 9.64 Å². The molecule has 1 aromatic carbocycles. The molecule has 1 atom stereocenters. The van der Waals surface area contributed by atoms with Gasteiger partial charge in [0.1, 0.15) is 5.75 Å². The first-order valence-corrected chi connectivity index (χ1v) is 10.4. The van der Waals surface area contributed by atoms with Crippen LogP contribution in [0.5, 0.6) is 5.75 Å². The van der Waals surface area contributed by atoms with Crippen LogP contribution in [0.1, 0.15) is 17.3 Å². The molecule has 1 fully saturated rings. The number of rotatable bonds is 6. The Bertz CT molecular complexity index is 850. The van der Waals surface area contributed by atoms with E-state index in [2.05, 4.69) is 33.0 Å². The molecule has 146 valence electrons. The summed E-state index contributed by atoms with van der Waals surface area (Å²) in [6.45, 7) is 3.18. The first-order chi connectivity index (χ1) is 13.7. The largest absolute Gasteiger partial charge is 0.497 e. The van der Waals surface area contributed by atoms with Crippen molar-refractivity contribution in [2.45, 2.75) is 12.5 Å². The molecule has 3 heterocycles. The van der Waals surface area contributed by atoms with Crippen LogP contribution in [0.3, 0.4) is 0 Å². The van der Waals surface area contributed by atoms with Gasteiger partial charge in [0.25, 0.3) is 0 Å². The van der Waals surface area contributed by atoms with Gasteiger partial charge in [-0.15, -0.1) is 11.3 Å². The minimum atomic E-state index is 0.0684. The van der Waals surface area contributed by atoms with E-state index in [4.69, 9.17) is 4.74 Å². The van der Waals surface area contributed by atoms with Crippen molar-refractivity contribution in [3.63, 3.8) is 0 Å². The average molecular weight is 396 g/mol. The Morgan fingerprint density at radius 2 is 1.86 bits per heavy atom. The van der Waals surface area contributed by atoms with Gasteiger partial charge in [-0.2, -0.15) is 0 Å². The molecule has 0 radical (unpaired) electrons. The van der Waals surface area contributed by atoms with Gasteiger partial charge < -0.3 is 19.1 Å². The van der Waals surface area contributed by atoms with E-state index in [-0.39, 0.29) is 11.9 Å². The van der Waals surface area contributed by atoms with Gasteiger partial charge in [-0.3, -0.25) is 4.79 Å². The highest BCUT2D eigenvalue weighted by Gasteiger charge is 2.25. The van der Waals surface area contributed by atoms with Crippen molar-refractivity contribution in [1.29, 1.82) is 0 Å². The zero-order valence-corrected chi connectivity index (χ0v) is 16.8. The molecular formula is C22H25N3O2S. The van der Waals surface area contributed by atoms with E-state index in [1.165, 1.54) is 4.88 Å². The lowest BCUT2D eigenvalue weighted by Gasteiger charge is -2.36. The SMILES string of the molecule is COc1cccc(N2CCN(C(=O)CC(c3cccs3)n3cccc3)CC2)c1. The molecule has 3 aromatic rings. The predicted octanol–water partition coefficient (Wildman–Crippen LogP) is 3.89. The van der Waals surface area contributed by atoms with Crippen molar-refractivity contribution in [2.75, 3.05) is 38.2 Å². The summed E-state index contributed by atoms with van der Waals surface area (Å²) in [5.74, 6) is 1.08. The van der Waals surface area contributed by atoms with E-state index in [1.807, 2.05) is 47.6 Å². The summed E-state index contributed by atoms with van der Waals surface area (Å²) in [6, 6.07) is 16.4. The summed E-state index contributed by atoms with van der Waals surface area (Å²) < 4.78 is 7.46. The molecule has 0 spiro atoms. The van der Waals surface area contributed by atoms with Crippen LogP contribution in [0.2, 0.25) is 0 Å². The van der Waals surface area contributed by atoms with E-state index >= 15 is 0 Å². The van der Waals surface area contributed by atoms with Gasteiger partial charge in [0.05, 0.1) is 19.6 Å². The monoisotopic (exact) mass is 395 g/mol. The van der Waals surface area contributed by atoms with E-state index in [0.717, 1.165) is 37.6 Å². The fourth-order valence-electron chi connectivity index (χ4n) is 3.71. The number of aromatic nitrogens is 1. The normalized spacial score (nSPS) is 15.5. The molecule has 1 aliphatic rings. The van der Waals surface area contributed by atoms with E-state index in [9.17, 15) is 4.79 Å². The smallest absolute Gasteiger partial charge is 0.225 e. The molecule has 1 amide bonds. The highest BCUT2D eigenvalue weighted by Crippen LogP contribution is 2.28. The molecule has 6 heteroatoms. The van der Waals surface area contributed by atoms with E-state index in [1.54, 1.807) is 18.4 Å². The van der Waals surface area contributed by atoms with Crippen LogP contribution in [-0.2, 0) is 4.79 Å². The number of benzene rings is 1. The second kappa shape index (κ2) is 8.52. The van der Waals surface area contributed by atoms with Crippen LogP contribution in [0.25, 0.3) is 0 Å². The Morgan fingerprint density at radius 1 is 1.07 bits per heavy atom. The minimum Gasteiger partial charge on any atom is -0.497 e. The highest BCUT2D eigenvalue weighted by molar-refractivity contribution is 7.10. The van der Waals surface area contributed by atoms with Gasteiger partial charge >= 0.3 is 0 Å². The Kier molecular flexibility index (Phi) is 5.67. The third-order valence-corrected chi connectivity index (χ3v) is 6.25.